The van der Waals surface area contributed by atoms with Gasteiger partial charge in [-0.15, -0.1) is 0 Å². The predicted molar refractivity (Wildman–Crippen MR) is 97.4 cm³/mol. The molecule has 24 heavy (non-hydrogen) atoms. The molecule has 1 aromatic heterocycles. The summed E-state index contributed by atoms with van der Waals surface area (Å²) in [7, 11) is 3.63. The van der Waals surface area contributed by atoms with Gasteiger partial charge < -0.3 is 19.9 Å². The third kappa shape index (κ3) is 4.17. The quantitative estimate of drug-likeness (QED) is 0.658. The van der Waals surface area contributed by atoms with E-state index in [2.05, 4.69) is 37.2 Å². The molecule has 6 heteroatoms. The standard InChI is InChI=1S/C18H29N5O/c1-19-18(23-10-6-16(13-23)14-24-2)21-12-15-5-7-20-17(11-15)22-8-3-4-9-22/h5,7,11,16H,3-4,6,8-10,12-14H2,1-2H3,(H,19,21). The highest BCUT2D eigenvalue weighted by Gasteiger charge is 2.24. The summed E-state index contributed by atoms with van der Waals surface area (Å²) in [4.78, 5) is 13.7. The Balaban J connectivity index is 1.55. The maximum absolute atomic E-state index is 5.28. The number of hydrogen-bond acceptors (Lipinski definition) is 4. The fourth-order valence-corrected chi connectivity index (χ4v) is 3.60. The molecule has 0 amide bonds. The molecule has 1 N–H and O–H groups in total. The minimum atomic E-state index is 0.608. The molecule has 0 spiro atoms. The van der Waals surface area contributed by atoms with Crippen LogP contribution in [0.4, 0.5) is 5.82 Å². The monoisotopic (exact) mass is 331 g/mol. The van der Waals surface area contributed by atoms with Crippen molar-refractivity contribution in [1.29, 1.82) is 0 Å². The predicted octanol–water partition coefficient (Wildman–Crippen LogP) is 1.73. The average molecular weight is 331 g/mol. The zero-order valence-corrected chi connectivity index (χ0v) is 14.9. The third-order valence-electron chi connectivity index (χ3n) is 4.89. The molecule has 1 atom stereocenters. The minimum absolute atomic E-state index is 0.608. The summed E-state index contributed by atoms with van der Waals surface area (Å²) in [5.41, 5.74) is 1.25. The molecule has 1 aromatic rings. The van der Waals surface area contributed by atoms with Crippen molar-refractivity contribution in [3.05, 3.63) is 23.9 Å². The molecule has 132 valence electrons. The van der Waals surface area contributed by atoms with Crippen LogP contribution in [0.25, 0.3) is 0 Å². The number of methoxy groups -OCH3 is 1. The van der Waals surface area contributed by atoms with Crippen LogP contribution in [0, 0.1) is 5.92 Å². The lowest BCUT2D eigenvalue weighted by Gasteiger charge is -2.22. The molecule has 0 aliphatic carbocycles. The van der Waals surface area contributed by atoms with Gasteiger partial charge in [0.1, 0.15) is 5.82 Å². The first kappa shape index (κ1) is 17.0. The average Bonchev–Trinajstić information content (AvgIpc) is 3.28. The summed E-state index contributed by atoms with van der Waals surface area (Å²) < 4.78 is 5.28. The van der Waals surface area contributed by atoms with E-state index >= 15 is 0 Å². The number of pyridine rings is 1. The van der Waals surface area contributed by atoms with Crippen molar-refractivity contribution >= 4 is 11.8 Å². The number of nitrogens with one attached hydrogen (secondary N) is 1. The molecule has 3 rings (SSSR count). The Morgan fingerprint density at radius 3 is 2.96 bits per heavy atom. The zero-order chi connectivity index (χ0) is 16.8. The molecule has 2 fully saturated rings. The SMILES string of the molecule is CN=C(NCc1ccnc(N2CCCC2)c1)N1CCC(COC)C1. The van der Waals surface area contributed by atoms with E-state index in [1.54, 1.807) is 7.11 Å². The van der Waals surface area contributed by atoms with Gasteiger partial charge in [0, 0.05) is 59.0 Å². The van der Waals surface area contributed by atoms with Crippen LogP contribution in [0.2, 0.25) is 0 Å². The molecule has 2 aliphatic rings. The molecule has 6 nitrogen and oxygen atoms in total. The Labute approximate surface area is 144 Å². The highest BCUT2D eigenvalue weighted by Crippen LogP contribution is 2.19. The second kappa shape index (κ2) is 8.33. The maximum Gasteiger partial charge on any atom is 0.193 e. The fraction of sp³-hybridized carbons (Fsp3) is 0.667. The summed E-state index contributed by atoms with van der Waals surface area (Å²) in [6.45, 7) is 5.92. The van der Waals surface area contributed by atoms with E-state index in [9.17, 15) is 0 Å². The van der Waals surface area contributed by atoms with Crippen molar-refractivity contribution < 1.29 is 4.74 Å². The van der Waals surface area contributed by atoms with Gasteiger partial charge in [0.25, 0.3) is 0 Å². The Bertz CT molecular complexity index is 556. The number of hydrogen-bond donors (Lipinski definition) is 1. The van der Waals surface area contributed by atoms with Crippen molar-refractivity contribution in [2.24, 2.45) is 10.9 Å². The molecule has 2 aliphatic heterocycles. The maximum atomic E-state index is 5.28. The fourth-order valence-electron chi connectivity index (χ4n) is 3.60. The van der Waals surface area contributed by atoms with Crippen LogP contribution >= 0.6 is 0 Å². The van der Waals surface area contributed by atoms with Gasteiger partial charge in [0.15, 0.2) is 5.96 Å². The number of aliphatic imine (C=N–C) groups is 1. The molecular formula is C18H29N5O. The first-order chi connectivity index (χ1) is 11.8. The number of aromatic nitrogens is 1. The van der Waals surface area contributed by atoms with Crippen molar-refractivity contribution in [2.45, 2.75) is 25.8 Å². The molecule has 1 unspecified atom stereocenters. The van der Waals surface area contributed by atoms with Crippen molar-refractivity contribution in [3.63, 3.8) is 0 Å². The number of guanidine groups is 1. The van der Waals surface area contributed by atoms with Gasteiger partial charge in [-0.05, 0) is 37.0 Å². The Kier molecular flexibility index (Phi) is 5.91. The van der Waals surface area contributed by atoms with E-state index in [0.717, 1.165) is 51.1 Å². The molecule has 0 saturated carbocycles. The molecule has 2 saturated heterocycles. The molecule has 0 aromatic carbocycles. The zero-order valence-electron chi connectivity index (χ0n) is 14.9. The van der Waals surface area contributed by atoms with Crippen LogP contribution in [0.15, 0.2) is 23.3 Å². The minimum Gasteiger partial charge on any atom is -0.384 e. The lowest BCUT2D eigenvalue weighted by molar-refractivity contribution is 0.157. The van der Waals surface area contributed by atoms with Gasteiger partial charge in [-0.25, -0.2) is 4.98 Å². The lowest BCUT2D eigenvalue weighted by Crippen LogP contribution is -2.39. The molecule has 0 bridgehead atoms. The third-order valence-corrected chi connectivity index (χ3v) is 4.89. The van der Waals surface area contributed by atoms with Gasteiger partial charge >= 0.3 is 0 Å². The second-order valence-electron chi connectivity index (χ2n) is 6.67. The number of nitrogens with zero attached hydrogens (tertiary/aromatic N) is 4. The van der Waals surface area contributed by atoms with Crippen LogP contribution in [-0.4, -0.2) is 62.8 Å². The highest BCUT2D eigenvalue weighted by atomic mass is 16.5. The van der Waals surface area contributed by atoms with Crippen LogP contribution in [0.1, 0.15) is 24.8 Å². The Hall–Kier alpha value is -1.82. The summed E-state index contributed by atoms with van der Waals surface area (Å²) in [6, 6.07) is 4.28. The smallest absolute Gasteiger partial charge is 0.193 e. The van der Waals surface area contributed by atoms with Crippen LogP contribution in [-0.2, 0) is 11.3 Å². The number of rotatable bonds is 5. The van der Waals surface area contributed by atoms with Gasteiger partial charge in [-0.2, -0.15) is 0 Å². The van der Waals surface area contributed by atoms with E-state index in [0.29, 0.717) is 5.92 Å². The summed E-state index contributed by atoms with van der Waals surface area (Å²) in [5, 5.41) is 3.50. The Morgan fingerprint density at radius 2 is 2.21 bits per heavy atom. The number of anilines is 1. The van der Waals surface area contributed by atoms with Crippen molar-refractivity contribution in [1.82, 2.24) is 15.2 Å². The van der Waals surface area contributed by atoms with Crippen molar-refractivity contribution in [2.75, 3.05) is 51.8 Å². The first-order valence-electron chi connectivity index (χ1n) is 8.94. The van der Waals surface area contributed by atoms with Gasteiger partial charge in [-0.3, -0.25) is 4.99 Å². The number of likely N-dealkylation sites (tertiary alicyclic amines) is 1. The van der Waals surface area contributed by atoms with Crippen LogP contribution < -0.4 is 10.2 Å². The first-order valence-corrected chi connectivity index (χ1v) is 8.94. The Morgan fingerprint density at radius 1 is 1.38 bits per heavy atom. The molecular weight excluding hydrogens is 302 g/mol. The van der Waals surface area contributed by atoms with Crippen molar-refractivity contribution in [3.8, 4) is 0 Å². The molecule has 3 heterocycles. The van der Waals surface area contributed by atoms with Gasteiger partial charge in [-0.1, -0.05) is 0 Å². The second-order valence-corrected chi connectivity index (χ2v) is 6.67. The van der Waals surface area contributed by atoms with Crippen LogP contribution in [0.3, 0.4) is 0 Å². The van der Waals surface area contributed by atoms with Crippen LogP contribution in [0.5, 0.6) is 0 Å². The number of ether oxygens (including phenoxy) is 1. The van der Waals surface area contributed by atoms with Gasteiger partial charge in [0.05, 0.1) is 6.61 Å². The van der Waals surface area contributed by atoms with E-state index in [-0.39, 0.29) is 0 Å². The van der Waals surface area contributed by atoms with E-state index in [1.165, 1.54) is 24.8 Å². The molecule has 0 radical (unpaired) electrons. The van der Waals surface area contributed by atoms with E-state index in [4.69, 9.17) is 4.74 Å². The summed E-state index contributed by atoms with van der Waals surface area (Å²) >= 11 is 0. The topological polar surface area (TPSA) is 53.0 Å². The largest absolute Gasteiger partial charge is 0.384 e. The van der Waals surface area contributed by atoms with E-state index in [1.807, 2.05) is 13.2 Å². The van der Waals surface area contributed by atoms with Gasteiger partial charge in [0.2, 0.25) is 0 Å². The summed E-state index contributed by atoms with van der Waals surface area (Å²) in [6.07, 6.45) is 5.63. The summed E-state index contributed by atoms with van der Waals surface area (Å²) in [5.74, 6) is 2.69. The normalized spacial score (nSPS) is 21.6. The highest BCUT2D eigenvalue weighted by molar-refractivity contribution is 5.80. The van der Waals surface area contributed by atoms with E-state index < -0.39 is 0 Å². The lowest BCUT2D eigenvalue weighted by atomic mass is 10.1.